The van der Waals surface area contributed by atoms with Crippen LogP contribution < -0.4 is 5.73 Å². The van der Waals surface area contributed by atoms with Crippen molar-refractivity contribution >= 4 is 34.2 Å². The molecule has 0 unspecified atom stereocenters. The molecule has 1 heterocycles. The summed E-state index contributed by atoms with van der Waals surface area (Å²) < 4.78 is 5.61. The number of fused-ring (bicyclic) bond motifs is 1. The summed E-state index contributed by atoms with van der Waals surface area (Å²) in [6.07, 6.45) is 0.857. The molecule has 80 valence electrons. The van der Waals surface area contributed by atoms with E-state index in [4.69, 9.17) is 33.4 Å². The molecule has 0 bridgehead atoms. The minimum Gasteiger partial charge on any atom is -0.458 e. The van der Waals surface area contributed by atoms with E-state index < -0.39 is 0 Å². The Morgan fingerprint density at radius 2 is 2.07 bits per heavy atom. The Hall–Kier alpha value is -0.700. The molecule has 2 nitrogen and oxygen atoms in total. The zero-order valence-corrected chi connectivity index (χ0v) is 9.82. The monoisotopic (exact) mass is 243 g/mol. The lowest BCUT2D eigenvalue weighted by atomic mass is 10.1. The van der Waals surface area contributed by atoms with Gasteiger partial charge in [-0.2, -0.15) is 0 Å². The fourth-order valence-electron chi connectivity index (χ4n) is 1.78. The average molecular weight is 244 g/mol. The van der Waals surface area contributed by atoms with E-state index in [0.29, 0.717) is 22.2 Å². The third-order valence-electron chi connectivity index (χ3n) is 2.43. The van der Waals surface area contributed by atoms with E-state index in [1.807, 2.05) is 6.07 Å². The van der Waals surface area contributed by atoms with Crippen molar-refractivity contribution in [2.75, 3.05) is 0 Å². The Kier molecular flexibility index (Phi) is 2.91. The van der Waals surface area contributed by atoms with Crippen LogP contribution in [0.2, 0.25) is 10.0 Å². The van der Waals surface area contributed by atoms with E-state index in [2.05, 4.69) is 6.92 Å². The molecule has 0 atom stereocenters. The van der Waals surface area contributed by atoms with Gasteiger partial charge in [-0.15, -0.1) is 0 Å². The first-order valence-corrected chi connectivity index (χ1v) is 5.52. The predicted octanol–water partition coefficient (Wildman–Crippen LogP) is 3.76. The summed E-state index contributed by atoms with van der Waals surface area (Å²) in [5, 5.41) is 2.12. The summed E-state index contributed by atoms with van der Waals surface area (Å²) >= 11 is 12.0. The molecule has 0 fully saturated rings. The number of nitrogens with two attached hydrogens (primary N) is 1. The number of furan rings is 1. The third kappa shape index (κ3) is 1.73. The van der Waals surface area contributed by atoms with E-state index in [1.54, 1.807) is 6.07 Å². The van der Waals surface area contributed by atoms with Crippen molar-refractivity contribution < 1.29 is 4.42 Å². The number of hydrogen-bond donors (Lipinski definition) is 1. The topological polar surface area (TPSA) is 39.2 Å². The molecule has 0 radical (unpaired) electrons. The van der Waals surface area contributed by atoms with Crippen molar-refractivity contribution in [2.24, 2.45) is 5.73 Å². The number of aryl methyl sites for hydroxylation is 1. The van der Waals surface area contributed by atoms with Gasteiger partial charge in [0.25, 0.3) is 0 Å². The second kappa shape index (κ2) is 4.05. The van der Waals surface area contributed by atoms with Gasteiger partial charge >= 0.3 is 0 Å². The molecule has 0 aliphatic carbocycles. The maximum atomic E-state index is 6.04. The lowest BCUT2D eigenvalue weighted by molar-refractivity contribution is 0.546. The minimum absolute atomic E-state index is 0.381. The van der Waals surface area contributed by atoms with Crippen molar-refractivity contribution in [2.45, 2.75) is 19.9 Å². The van der Waals surface area contributed by atoms with Crippen LogP contribution in [-0.2, 0) is 13.0 Å². The van der Waals surface area contributed by atoms with Gasteiger partial charge in [-0.1, -0.05) is 30.1 Å². The summed E-state index contributed by atoms with van der Waals surface area (Å²) in [5.41, 5.74) is 7.38. The first kappa shape index (κ1) is 10.8. The van der Waals surface area contributed by atoms with E-state index in [1.165, 1.54) is 0 Å². The average Bonchev–Trinajstić information content (AvgIpc) is 2.55. The van der Waals surface area contributed by atoms with Crippen LogP contribution in [0.25, 0.3) is 11.0 Å². The van der Waals surface area contributed by atoms with Gasteiger partial charge in [0.15, 0.2) is 5.58 Å². The van der Waals surface area contributed by atoms with Gasteiger partial charge < -0.3 is 10.2 Å². The maximum Gasteiger partial charge on any atom is 0.153 e. The fraction of sp³-hybridized carbons (Fsp3) is 0.273. The zero-order valence-electron chi connectivity index (χ0n) is 8.31. The van der Waals surface area contributed by atoms with Crippen LogP contribution in [0.5, 0.6) is 0 Å². The Bertz CT molecular complexity index is 505. The quantitative estimate of drug-likeness (QED) is 0.873. The van der Waals surface area contributed by atoms with Gasteiger partial charge in [-0.3, -0.25) is 0 Å². The molecule has 0 aliphatic heterocycles. The molecule has 2 rings (SSSR count). The van der Waals surface area contributed by atoms with Crippen LogP contribution in [0.4, 0.5) is 0 Å². The summed E-state index contributed by atoms with van der Waals surface area (Å²) in [6, 6.07) is 3.54. The summed E-state index contributed by atoms with van der Waals surface area (Å²) in [7, 11) is 0. The number of halogens is 2. The first-order valence-electron chi connectivity index (χ1n) is 4.76. The summed E-state index contributed by atoms with van der Waals surface area (Å²) in [4.78, 5) is 0. The first-order chi connectivity index (χ1) is 7.17. The second-order valence-corrected chi connectivity index (χ2v) is 4.17. The zero-order chi connectivity index (χ0) is 11.0. The van der Waals surface area contributed by atoms with Crippen molar-refractivity contribution in [1.82, 2.24) is 0 Å². The lowest BCUT2D eigenvalue weighted by Gasteiger charge is -1.96. The fourth-order valence-corrected chi connectivity index (χ4v) is 2.31. The van der Waals surface area contributed by atoms with Gasteiger partial charge in [0, 0.05) is 16.0 Å². The highest BCUT2D eigenvalue weighted by molar-refractivity contribution is 6.38. The Morgan fingerprint density at radius 1 is 1.33 bits per heavy atom. The molecule has 1 aromatic carbocycles. The van der Waals surface area contributed by atoms with Crippen LogP contribution in [0.15, 0.2) is 16.5 Å². The Balaban J connectivity index is 2.82. The van der Waals surface area contributed by atoms with Crippen LogP contribution in [0.1, 0.15) is 18.2 Å². The third-order valence-corrected chi connectivity index (χ3v) is 2.93. The summed E-state index contributed by atoms with van der Waals surface area (Å²) in [5.74, 6) is 0.789. The normalized spacial score (nSPS) is 11.2. The van der Waals surface area contributed by atoms with E-state index >= 15 is 0 Å². The Labute approximate surface area is 97.9 Å². The number of hydrogen-bond acceptors (Lipinski definition) is 2. The molecule has 2 N–H and O–H groups in total. The van der Waals surface area contributed by atoms with Gasteiger partial charge in [0.2, 0.25) is 0 Å². The molecule has 0 amide bonds. The highest BCUT2D eigenvalue weighted by Crippen LogP contribution is 2.34. The van der Waals surface area contributed by atoms with Crippen molar-refractivity contribution in [3.8, 4) is 0 Å². The van der Waals surface area contributed by atoms with Crippen molar-refractivity contribution in [3.63, 3.8) is 0 Å². The van der Waals surface area contributed by atoms with E-state index in [0.717, 1.165) is 23.1 Å². The molecule has 0 saturated carbocycles. The standard InChI is InChI=1S/C11H11Cl2NO/c1-2-7-8-3-6(12)4-9(13)11(8)15-10(7)5-14/h3-4H,2,5,14H2,1H3. The Morgan fingerprint density at radius 3 is 2.67 bits per heavy atom. The molecule has 4 heteroatoms. The lowest BCUT2D eigenvalue weighted by Crippen LogP contribution is -1.97. The molecule has 2 aromatic rings. The van der Waals surface area contributed by atoms with Gasteiger partial charge in [0.05, 0.1) is 11.6 Å². The minimum atomic E-state index is 0.381. The SMILES string of the molecule is CCc1c(CN)oc2c(Cl)cc(Cl)cc12. The largest absolute Gasteiger partial charge is 0.458 e. The molecular weight excluding hydrogens is 233 g/mol. The predicted molar refractivity (Wildman–Crippen MR) is 63.5 cm³/mol. The van der Waals surface area contributed by atoms with Gasteiger partial charge in [-0.05, 0) is 18.6 Å². The highest BCUT2D eigenvalue weighted by Gasteiger charge is 2.14. The molecular formula is C11H11Cl2NO. The van der Waals surface area contributed by atoms with Gasteiger partial charge in [0.1, 0.15) is 5.76 Å². The van der Waals surface area contributed by atoms with E-state index in [-0.39, 0.29) is 0 Å². The number of benzene rings is 1. The maximum absolute atomic E-state index is 6.04. The highest BCUT2D eigenvalue weighted by atomic mass is 35.5. The molecule has 1 aromatic heterocycles. The van der Waals surface area contributed by atoms with Crippen molar-refractivity contribution in [3.05, 3.63) is 33.5 Å². The van der Waals surface area contributed by atoms with Crippen molar-refractivity contribution in [1.29, 1.82) is 0 Å². The molecule has 15 heavy (non-hydrogen) atoms. The smallest absolute Gasteiger partial charge is 0.153 e. The van der Waals surface area contributed by atoms with Crippen LogP contribution in [-0.4, -0.2) is 0 Å². The molecule has 0 saturated heterocycles. The molecule has 0 aliphatic rings. The van der Waals surface area contributed by atoms with Crippen LogP contribution >= 0.6 is 23.2 Å². The van der Waals surface area contributed by atoms with Gasteiger partial charge in [-0.25, -0.2) is 0 Å². The molecule has 0 spiro atoms. The summed E-state index contributed by atoms with van der Waals surface area (Å²) in [6.45, 7) is 2.43. The number of rotatable bonds is 2. The van der Waals surface area contributed by atoms with Crippen LogP contribution in [0, 0.1) is 0 Å². The van der Waals surface area contributed by atoms with E-state index in [9.17, 15) is 0 Å². The van der Waals surface area contributed by atoms with Crippen LogP contribution in [0.3, 0.4) is 0 Å². The second-order valence-electron chi connectivity index (χ2n) is 3.33.